The molecule has 2 nitrogen and oxygen atoms in total. The number of nitrogens with zero attached hydrogens (tertiary/aromatic N) is 1. The Morgan fingerprint density at radius 2 is 2.11 bits per heavy atom. The van der Waals surface area contributed by atoms with Crippen LogP contribution in [0, 0.1) is 0 Å². The molecule has 1 aromatic carbocycles. The zero-order valence-corrected chi connectivity index (χ0v) is 12.0. The van der Waals surface area contributed by atoms with Crippen molar-refractivity contribution in [3.8, 4) is 0 Å². The number of hydrogen-bond donors (Lipinski definition) is 1. The minimum atomic E-state index is 0.728. The summed E-state index contributed by atoms with van der Waals surface area (Å²) in [5.74, 6) is 0.797. The van der Waals surface area contributed by atoms with Crippen LogP contribution >= 0.6 is 0 Å². The van der Waals surface area contributed by atoms with Gasteiger partial charge < -0.3 is 5.32 Å². The molecule has 104 valence electrons. The predicted octanol–water partition coefficient (Wildman–Crippen LogP) is 3.01. The molecule has 0 aromatic heterocycles. The fourth-order valence-corrected chi connectivity index (χ4v) is 3.47. The normalized spacial score (nSPS) is 31.3. The molecular formula is C17H26N2. The Kier molecular flexibility index (Phi) is 4.19. The molecule has 1 aromatic rings. The molecule has 19 heavy (non-hydrogen) atoms. The van der Waals surface area contributed by atoms with E-state index in [4.69, 9.17) is 0 Å². The molecule has 0 spiro atoms. The summed E-state index contributed by atoms with van der Waals surface area (Å²) in [5, 5.41) is 3.70. The van der Waals surface area contributed by atoms with E-state index < -0.39 is 0 Å². The molecule has 1 N–H and O–H groups in total. The minimum Gasteiger partial charge on any atom is -0.313 e. The van der Waals surface area contributed by atoms with Crippen LogP contribution in [0.15, 0.2) is 30.3 Å². The average Bonchev–Trinajstić information content (AvgIpc) is 3.27. The van der Waals surface area contributed by atoms with E-state index in [9.17, 15) is 0 Å². The number of hydrogen-bond acceptors (Lipinski definition) is 2. The van der Waals surface area contributed by atoms with Crippen LogP contribution in [0.2, 0.25) is 0 Å². The van der Waals surface area contributed by atoms with Crippen LogP contribution in [0.1, 0.15) is 44.1 Å². The Hall–Kier alpha value is -0.860. The van der Waals surface area contributed by atoms with Gasteiger partial charge in [-0.05, 0) is 44.3 Å². The zero-order valence-electron chi connectivity index (χ0n) is 12.0. The molecule has 1 saturated carbocycles. The van der Waals surface area contributed by atoms with Gasteiger partial charge in [-0.1, -0.05) is 37.3 Å². The number of rotatable bonds is 5. The average molecular weight is 258 g/mol. The number of piperidine rings is 1. The highest BCUT2D eigenvalue weighted by molar-refractivity contribution is 5.28. The summed E-state index contributed by atoms with van der Waals surface area (Å²) < 4.78 is 0. The first-order chi connectivity index (χ1) is 9.38. The van der Waals surface area contributed by atoms with E-state index in [1.54, 1.807) is 0 Å². The molecular weight excluding hydrogens is 232 g/mol. The second-order valence-corrected chi connectivity index (χ2v) is 6.11. The van der Waals surface area contributed by atoms with Crippen LogP contribution in [-0.4, -0.2) is 36.6 Å². The van der Waals surface area contributed by atoms with Crippen LogP contribution in [0.3, 0.4) is 0 Å². The van der Waals surface area contributed by atoms with Crippen LogP contribution in [-0.2, 0) is 0 Å². The van der Waals surface area contributed by atoms with Crippen LogP contribution < -0.4 is 5.32 Å². The Labute approximate surface area is 117 Å². The second kappa shape index (κ2) is 6.06. The molecule has 0 bridgehead atoms. The van der Waals surface area contributed by atoms with Crippen molar-refractivity contribution in [1.82, 2.24) is 10.2 Å². The van der Waals surface area contributed by atoms with Crippen molar-refractivity contribution >= 4 is 0 Å². The number of likely N-dealkylation sites (tertiary alicyclic amines) is 1. The lowest BCUT2D eigenvalue weighted by Crippen LogP contribution is -2.46. The molecule has 1 heterocycles. The van der Waals surface area contributed by atoms with Crippen molar-refractivity contribution in [1.29, 1.82) is 0 Å². The SMILES string of the molecule is CCCNC1CCCN(C2CC2c2ccccc2)C1. The number of benzene rings is 1. The summed E-state index contributed by atoms with van der Waals surface area (Å²) in [5.41, 5.74) is 1.54. The van der Waals surface area contributed by atoms with Crippen molar-refractivity contribution in [2.24, 2.45) is 0 Å². The Bertz CT molecular complexity index is 390. The Balaban J connectivity index is 1.53. The fraction of sp³-hybridized carbons (Fsp3) is 0.647. The number of nitrogens with one attached hydrogen (secondary N) is 1. The predicted molar refractivity (Wildman–Crippen MR) is 80.5 cm³/mol. The van der Waals surface area contributed by atoms with Crippen molar-refractivity contribution < 1.29 is 0 Å². The van der Waals surface area contributed by atoms with Gasteiger partial charge in [0.1, 0.15) is 0 Å². The van der Waals surface area contributed by atoms with Gasteiger partial charge in [-0.2, -0.15) is 0 Å². The third kappa shape index (κ3) is 3.18. The highest BCUT2D eigenvalue weighted by Crippen LogP contribution is 2.45. The molecule has 1 aliphatic carbocycles. The monoisotopic (exact) mass is 258 g/mol. The summed E-state index contributed by atoms with van der Waals surface area (Å²) in [6.45, 7) is 5.98. The standard InChI is InChI=1S/C17H26N2/c1-2-10-18-15-9-6-11-19(13-15)17-12-16(17)14-7-4-3-5-8-14/h3-5,7-8,15-18H,2,6,9-13H2,1H3. The van der Waals surface area contributed by atoms with E-state index in [1.165, 1.54) is 50.9 Å². The zero-order chi connectivity index (χ0) is 13.1. The molecule has 0 amide bonds. The molecule has 1 aliphatic heterocycles. The van der Waals surface area contributed by atoms with Crippen molar-refractivity contribution in [2.75, 3.05) is 19.6 Å². The lowest BCUT2D eigenvalue weighted by atomic mass is 10.0. The summed E-state index contributed by atoms with van der Waals surface area (Å²) in [6, 6.07) is 12.6. The van der Waals surface area contributed by atoms with Gasteiger partial charge in [0.05, 0.1) is 0 Å². The highest BCUT2D eigenvalue weighted by atomic mass is 15.2. The molecule has 2 aliphatic rings. The van der Waals surface area contributed by atoms with Gasteiger partial charge in [0.25, 0.3) is 0 Å². The first-order valence-corrected chi connectivity index (χ1v) is 7.91. The molecule has 2 fully saturated rings. The van der Waals surface area contributed by atoms with Crippen molar-refractivity contribution in [3.05, 3.63) is 35.9 Å². The molecule has 3 atom stereocenters. The highest BCUT2D eigenvalue weighted by Gasteiger charge is 2.43. The van der Waals surface area contributed by atoms with E-state index in [0.717, 1.165) is 18.0 Å². The maximum Gasteiger partial charge on any atom is 0.0195 e. The first kappa shape index (κ1) is 13.1. The Morgan fingerprint density at radius 1 is 1.26 bits per heavy atom. The summed E-state index contributed by atoms with van der Waals surface area (Å²) >= 11 is 0. The van der Waals surface area contributed by atoms with Crippen molar-refractivity contribution in [2.45, 2.75) is 50.6 Å². The molecule has 3 unspecified atom stereocenters. The Morgan fingerprint density at radius 3 is 2.89 bits per heavy atom. The molecule has 0 radical (unpaired) electrons. The summed E-state index contributed by atoms with van der Waals surface area (Å²) in [6.07, 6.45) is 5.33. The van der Waals surface area contributed by atoms with E-state index in [-0.39, 0.29) is 0 Å². The van der Waals surface area contributed by atoms with Gasteiger partial charge >= 0.3 is 0 Å². The van der Waals surface area contributed by atoms with Gasteiger partial charge in [0.2, 0.25) is 0 Å². The van der Waals surface area contributed by atoms with Gasteiger partial charge in [-0.3, -0.25) is 4.90 Å². The van der Waals surface area contributed by atoms with Crippen LogP contribution in [0.4, 0.5) is 0 Å². The molecule has 3 rings (SSSR count). The van der Waals surface area contributed by atoms with Crippen molar-refractivity contribution in [3.63, 3.8) is 0 Å². The largest absolute Gasteiger partial charge is 0.313 e. The van der Waals surface area contributed by atoms with E-state index in [0.29, 0.717) is 0 Å². The quantitative estimate of drug-likeness (QED) is 0.873. The third-order valence-electron chi connectivity index (χ3n) is 4.59. The lowest BCUT2D eigenvalue weighted by Gasteiger charge is -2.33. The summed E-state index contributed by atoms with van der Waals surface area (Å²) in [7, 11) is 0. The molecule has 2 heteroatoms. The van der Waals surface area contributed by atoms with Gasteiger partial charge in [0, 0.05) is 24.5 Å². The fourth-order valence-electron chi connectivity index (χ4n) is 3.47. The van der Waals surface area contributed by atoms with E-state index in [2.05, 4.69) is 47.5 Å². The smallest absolute Gasteiger partial charge is 0.0195 e. The van der Waals surface area contributed by atoms with Gasteiger partial charge in [0.15, 0.2) is 0 Å². The second-order valence-electron chi connectivity index (χ2n) is 6.11. The lowest BCUT2D eigenvalue weighted by molar-refractivity contribution is 0.180. The topological polar surface area (TPSA) is 15.3 Å². The molecule has 1 saturated heterocycles. The minimum absolute atomic E-state index is 0.728. The van der Waals surface area contributed by atoms with E-state index in [1.807, 2.05) is 0 Å². The van der Waals surface area contributed by atoms with Crippen LogP contribution in [0.25, 0.3) is 0 Å². The first-order valence-electron chi connectivity index (χ1n) is 7.91. The van der Waals surface area contributed by atoms with E-state index >= 15 is 0 Å². The summed E-state index contributed by atoms with van der Waals surface area (Å²) in [4.78, 5) is 2.73. The van der Waals surface area contributed by atoms with Gasteiger partial charge in [-0.15, -0.1) is 0 Å². The van der Waals surface area contributed by atoms with Gasteiger partial charge in [-0.25, -0.2) is 0 Å². The maximum atomic E-state index is 3.70. The maximum absolute atomic E-state index is 3.70. The van der Waals surface area contributed by atoms with Crippen LogP contribution in [0.5, 0.6) is 0 Å². The third-order valence-corrected chi connectivity index (χ3v) is 4.59.